The first-order valence-corrected chi connectivity index (χ1v) is 8.22. The van der Waals surface area contributed by atoms with Crippen molar-refractivity contribution in [3.63, 3.8) is 0 Å². The highest BCUT2D eigenvalue weighted by atomic mass is 35.5. The average Bonchev–Trinajstić information content (AvgIpc) is 2.47. The Kier molecular flexibility index (Phi) is 8.23. The monoisotopic (exact) mass is 326 g/mol. The van der Waals surface area contributed by atoms with Gasteiger partial charge in [0.15, 0.2) is 0 Å². The molecule has 126 valence electrons. The lowest BCUT2D eigenvalue weighted by Gasteiger charge is -2.31. The van der Waals surface area contributed by atoms with Crippen LogP contribution in [0.15, 0.2) is 18.2 Å². The lowest BCUT2D eigenvalue weighted by molar-refractivity contribution is 0.165. The van der Waals surface area contributed by atoms with Crippen LogP contribution in [0.25, 0.3) is 0 Å². The van der Waals surface area contributed by atoms with Gasteiger partial charge in [0.1, 0.15) is 12.4 Å². The van der Waals surface area contributed by atoms with Crippen LogP contribution in [0.2, 0.25) is 0 Å². The summed E-state index contributed by atoms with van der Waals surface area (Å²) in [4.78, 5) is 2.44. The summed E-state index contributed by atoms with van der Waals surface area (Å²) >= 11 is 0. The molecule has 0 amide bonds. The molecular formula is C18H31ClN2O. The van der Waals surface area contributed by atoms with Crippen LogP contribution in [-0.4, -0.2) is 44.2 Å². The van der Waals surface area contributed by atoms with Gasteiger partial charge in [-0.2, -0.15) is 0 Å². The summed E-state index contributed by atoms with van der Waals surface area (Å²) in [7, 11) is 2.21. The van der Waals surface area contributed by atoms with Gasteiger partial charge >= 0.3 is 0 Å². The summed E-state index contributed by atoms with van der Waals surface area (Å²) < 4.78 is 5.93. The second kappa shape index (κ2) is 9.39. The zero-order chi connectivity index (χ0) is 15.2. The summed E-state index contributed by atoms with van der Waals surface area (Å²) in [6, 6.07) is 7.18. The molecule has 1 N–H and O–H groups in total. The third-order valence-electron chi connectivity index (χ3n) is 4.51. The number of hydrogen-bond donors (Lipinski definition) is 1. The summed E-state index contributed by atoms with van der Waals surface area (Å²) in [6.45, 7) is 10.7. The van der Waals surface area contributed by atoms with Gasteiger partial charge < -0.3 is 10.1 Å². The SMILES string of the molecule is Cc1cc(OCCN(C)C2CCNCC2)ccc1C(C)C.Cl. The maximum Gasteiger partial charge on any atom is 0.119 e. The fourth-order valence-corrected chi connectivity index (χ4v) is 3.12. The number of ether oxygens (including phenoxy) is 1. The van der Waals surface area contributed by atoms with Crippen LogP contribution in [0.4, 0.5) is 0 Å². The molecule has 0 atom stereocenters. The number of halogens is 1. The standard InChI is InChI=1S/C18H30N2O.ClH/c1-14(2)18-6-5-17(13-15(18)3)21-12-11-20(4)16-7-9-19-10-8-16;/h5-6,13-14,16,19H,7-12H2,1-4H3;1H. The van der Waals surface area contributed by atoms with E-state index in [0.717, 1.165) is 32.0 Å². The number of nitrogens with one attached hydrogen (secondary N) is 1. The minimum atomic E-state index is 0. The van der Waals surface area contributed by atoms with E-state index in [0.29, 0.717) is 12.0 Å². The highest BCUT2D eigenvalue weighted by Crippen LogP contribution is 2.23. The first-order valence-electron chi connectivity index (χ1n) is 8.22. The number of benzene rings is 1. The van der Waals surface area contributed by atoms with Crippen LogP contribution in [-0.2, 0) is 0 Å². The van der Waals surface area contributed by atoms with Crippen molar-refractivity contribution in [2.75, 3.05) is 33.3 Å². The fraction of sp³-hybridized carbons (Fsp3) is 0.667. The van der Waals surface area contributed by atoms with Crippen LogP contribution < -0.4 is 10.1 Å². The molecule has 2 rings (SSSR count). The molecule has 0 saturated carbocycles. The Balaban J connectivity index is 0.00000242. The molecule has 1 aliphatic heterocycles. The number of hydrogen-bond acceptors (Lipinski definition) is 3. The van der Waals surface area contributed by atoms with Crippen molar-refractivity contribution >= 4 is 12.4 Å². The molecule has 0 spiro atoms. The van der Waals surface area contributed by atoms with Gasteiger partial charge in [-0.05, 0) is 69.1 Å². The van der Waals surface area contributed by atoms with Crippen molar-refractivity contribution in [3.05, 3.63) is 29.3 Å². The summed E-state index contributed by atoms with van der Waals surface area (Å²) in [5.41, 5.74) is 2.74. The van der Waals surface area contributed by atoms with E-state index in [-0.39, 0.29) is 12.4 Å². The van der Waals surface area contributed by atoms with E-state index in [9.17, 15) is 0 Å². The second-order valence-electron chi connectivity index (χ2n) is 6.48. The number of piperidine rings is 1. The van der Waals surface area contributed by atoms with E-state index in [2.05, 4.69) is 56.2 Å². The third kappa shape index (κ3) is 5.45. The molecule has 1 aromatic carbocycles. The van der Waals surface area contributed by atoms with Gasteiger partial charge in [-0.25, -0.2) is 0 Å². The van der Waals surface area contributed by atoms with E-state index in [4.69, 9.17) is 4.74 Å². The van der Waals surface area contributed by atoms with Gasteiger partial charge in [-0.1, -0.05) is 19.9 Å². The van der Waals surface area contributed by atoms with E-state index in [1.54, 1.807) is 0 Å². The highest BCUT2D eigenvalue weighted by Gasteiger charge is 2.17. The number of nitrogens with zero attached hydrogens (tertiary/aromatic N) is 1. The molecule has 4 heteroatoms. The van der Waals surface area contributed by atoms with Crippen LogP contribution in [0.1, 0.15) is 43.7 Å². The van der Waals surface area contributed by atoms with E-state index in [1.165, 1.54) is 24.0 Å². The van der Waals surface area contributed by atoms with Crippen molar-refractivity contribution < 1.29 is 4.74 Å². The molecule has 0 unspecified atom stereocenters. The largest absolute Gasteiger partial charge is 0.492 e. The number of rotatable bonds is 6. The normalized spacial score (nSPS) is 15.9. The first-order chi connectivity index (χ1) is 10.1. The predicted molar refractivity (Wildman–Crippen MR) is 96.5 cm³/mol. The van der Waals surface area contributed by atoms with Crippen LogP contribution in [0.5, 0.6) is 5.75 Å². The Morgan fingerprint density at radius 3 is 2.55 bits per heavy atom. The van der Waals surface area contributed by atoms with Crippen molar-refractivity contribution in [3.8, 4) is 5.75 Å². The quantitative estimate of drug-likeness (QED) is 0.864. The fourth-order valence-electron chi connectivity index (χ4n) is 3.12. The Labute approximate surface area is 141 Å². The average molecular weight is 327 g/mol. The number of likely N-dealkylation sites (N-methyl/N-ethyl adjacent to an activating group) is 1. The highest BCUT2D eigenvalue weighted by molar-refractivity contribution is 5.85. The zero-order valence-electron chi connectivity index (χ0n) is 14.4. The lowest BCUT2D eigenvalue weighted by Crippen LogP contribution is -2.42. The Bertz CT molecular complexity index is 445. The minimum absolute atomic E-state index is 0. The summed E-state index contributed by atoms with van der Waals surface area (Å²) in [6.07, 6.45) is 2.50. The van der Waals surface area contributed by atoms with Gasteiger partial charge in [0, 0.05) is 12.6 Å². The first kappa shape index (κ1) is 19.3. The molecule has 22 heavy (non-hydrogen) atoms. The second-order valence-corrected chi connectivity index (χ2v) is 6.48. The maximum absolute atomic E-state index is 5.93. The Morgan fingerprint density at radius 1 is 1.27 bits per heavy atom. The molecule has 1 aliphatic rings. The zero-order valence-corrected chi connectivity index (χ0v) is 15.2. The molecule has 0 bridgehead atoms. The van der Waals surface area contributed by atoms with E-state index >= 15 is 0 Å². The van der Waals surface area contributed by atoms with Crippen LogP contribution in [0.3, 0.4) is 0 Å². The van der Waals surface area contributed by atoms with Crippen molar-refractivity contribution in [1.82, 2.24) is 10.2 Å². The molecule has 3 nitrogen and oxygen atoms in total. The molecule has 0 aliphatic carbocycles. The van der Waals surface area contributed by atoms with Gasteiger partial charge in [-0.15, -0.1) is 12.4 Å². The van der Waals surface area contributed by atoms with Gasteiger partial charge in [-0.3, -0.25) is 4.90 Å². The molecular weight excluding hydrogens is 296 g/mol. The Hall–Kier alpha value is -0.770. The Morgan fingerprint density at radius 2 is 1.95 bits per heavy atom. The minimum Gasteiger partial charge on any atom is -0.492 e. The lowest BCUT2D eigenvalue weighted by atomic mass is 9.98. The molecule has 1 aromatic rings. The van der Waals surface area contributed by atoms with Crippen LogP contribution >= 0.6 is 12.4 Å². The van der Waals surface area contributed by atoms with Gasteiger partial charge in [0.2, 0.25) is 0 Å². The summed E-state index contributed by atoms with van der Waals surface area (Å²) in [5, 5.41) is 3.41. The van der Waals surface area contributed by atoms with Gasteiger partial charge in [0.05, 0.1) is 0 Å². The smallest absolute Gasteiger partial charge is 0.119 e. The summed E-state index contributed by atoms with van der Waals surface area (Å²) in [5.74, 6) is 1.57. The molecule has 1 saturated heterocycles. The van der Waals surface area contributed by atoms with Crippen LogP contribution in [0, 0.1) is 6.92 Å². The van der Waals surface area contributed by atoms with E-state index < -0.39 is 0 Å². The predicted octanol–water partition coefficient (Wildman–Crippen LogP) is 3.60. The van der Waals surface area contributed by atoms with Crippen molar-refractivity contribution in [1.29, 1.82) is 0 Å². The van der Waals surface area contributed by atoms with Crippen molar-refractivity contribution in [2.24, 2.45) is 0 Å². The topological polar surface area (TPSA) is 24.5 Å². The molecule has 1 fully saturated rings. The van der Waals surface area contributed by atoms with Gasteiger partial charge in [0.25, 0.3) is 0 Å². The molecule has 0 radical (unpaired) electrons. The van der Waals surface area contributed by atoms with Crippen molar-refractivity contribution in [2.45, 2.75) is 45.6 Å². The number of aryl methyl sites for hydroxylation is 1. The van der Waals surface area contributed by atoms with E-state index in [1.807, 2.05) is 0 Å². The molecule has 0 aromatic heterocycles. The molecule has 1 heterocycles. The maximum atomic E-state index is 5.93. The third-order valence-corrected chi connectivity index (χ3v) is 4.51.